The molecule has 0 fully saturated rings. The Balaban J connectivity index is 0.000000606. The maximum atomic E-state index is 6.23. The largest absolute Gasteiger partial charge is 0.491 e. The molecule has 1 aliphatic rings. The molecule has 0 spiro atoms. The first-order valence-electron chi connectivity index (χ1n) is 5.93. The SMILES string of the molecule is CC.Cc1c(Cl)c(C(C)C)nc2c1OCC2. The second kappa shape index (κ2) is 5.53. The minimum Gasteiger partial charge on any atom is -0.491 e. The van der Waals surface area contributed by atoms with E-state index in [0.717, 1.165) is 40.8 Å². The van der Waals surface area contributed by atoms with Crippen molar-refractivity contribution in [1.29, 1.82) is 0 Å². The first kappa shape index (κ1) is 13.3. The van der Waals surface area contributed by atoms with Crippen LogP contribution in [-0.4, -0.2) is 11.6 Å². The van der Waals surface area contributed by atoms with Gasteiger partial charge in [0.2, 0.25) is 0 Å². The van der Waals surface area contributed by atoms with Gasteiger partial charge in [0.05, 0.1) is 23.0 Å². The van der Waals surface area contributed by atoms with Crippen molar-refractivity contribution in [3.8, 4) is 5.75 Å². The van der Waals surface area contributed by atoms with Crippen molar-refractivity contribution in [2.45, 2.75) is 47.0 Å². The molecule has 0 unspecified atom stereocenters. The van der Waals surface area contributed by atoms with Crippen LogP contribution in [0.15, 0.2) is 0 Å². The number of nitrogens with zero attached hydrogens (tertiary/aromatic N) is 1. The Morgan fingerprint density at radius 1 is 1.31 bits per heavy atom. The van der Waals surface area contributed by atoms with Crippen molar-refractivity contribution >= 4 is 11.6 Å². The molecular formula is C13H20ClNO. The highest BCUT2D eigenvalue weighted by Crippen LogP contribution is 2.36. The second-order valence-corrected chi connectivity index (χ2v) is 4.34. The summed E-state index contributed by atoms with van der Waals surface area (Å²) in [7, 11) is 0. The Kier molecular flexibility index (Phi) is 4.60. The van der Waals surface area contributed by atoms with Crippen LogP contribution in [0.5, 0.6) is 5.75 Å². The van der Waals surface area contributed by atoms with Crippen LogP contribution < -0.4 is 4.74 Å². The van der Waals surface area contributed by atoms with Crippen LogP contribution in [0.3, 0.4) is 0 Å². The number of hydrogen-bond donors (Lipinski definition) is 0. The fourth-order valence-corrected chi connectivity index (χ4v) is 2.09. The lowest BCUT2D eigenvalue weighted by Crippen LogP contribution is -1.99. The van der Waals surface area contributed by atoms with E-state index in [-0.39, 0.29) is 0 Å². The van der Waals surface area contributed by atoms with Gasteiger partial charge in [-0.15, -0.1) is 0 Å². The van der Waals surface area contributed by atoms with Crippen molar-refractivity contribution < 1.29 is 4.74 Å². The van der Waals surface area contributed by atoms with Gasteiger partial charge in [0.25, 0.3) is 0 Å². The molecule has 0 aromatic carbocycles. The standard InChI is InChI=1S/C11H14ClNO.C2H6/c1-6(2)10-9(12)7(3)11-8(13-10)4-5-14-11;1-2/h6H,4-5H2,1-3H3;1-2H3. The summed E-state index contributed by atoms with van der Waals surface area (Å²) in [6, 6.07) is 0. The Morgan fingerprint density at radius 3 is 2.50 bits per heavy atom. The minimum atomic E-state index is 0.368. The first-order valence-corrected chi connectivity index (χ1v) is 6.30. The fraction of sp³-hybridized carbons (Fsp3) is 0.615. The summed E-state index contributed by atoms with van der Waals surface area (Å²) in [5.41, 5.74) is 3.10. The molecule has 90 valence electrons. The lowest BCUT2D eigenvalue weighted by molar-refractivity contribution is 0.354. The van der Waals surface area contributed by atoms with E-state index in [1.807, 2.05) is 20.8 Å². The third kappa shape index (κ3) is 2.32. The van der Waals surface area contributed by atoms with Crippen molar-refractivity contribution in [1.82, 2.24) is 4.98 Å². The highest BCUT2D eigenvalue weighted by Gasteiger charge is 2.22. The van der Waals surface area contributed by atoms with Gasteiger partial charge in [-0.2, -0.15) is 0 Å². The van der Waals surface area contributed by atoms with E-state index < -0.39 is 0 Å². The van der Waals surface area contributed by atoms with E-state index in [2.05, 4.69) is 18.8 Å². The lowest BCUT2D eigenvalue weighted by Gasteiger charge is -2.12. The smallest absolute Gasteiger partial charge is 0.145 e. The Morgan fingerprint density at radius 2 is 1.94 bits per heavy atom. The van der Waals surface area contributed by atoms with Gasteiger partial charge >= 0.3 is 0 Å². The number of fused-ring (bicyclic) bond motifs is 1. The topological polar surface area (TPSA) is 22.1 Å². The van der Waals surface area contributed by atoms with Crippen LogP contribution in [0.4, 0.5) is 0 Å². The number of pyridine rings is 1. The van der Waals surface area contributed by atoms with Crippen molar-refractivity contribution in [3.63, 3.8) is 0 Å². The maximum absolute atomic E-state index is 6.23. The molecule has 0 radical (unpaired) electrons. The number of rotatable bonds is 1. The zero-order chi connectivity index (χ0) is 12.3. The third-order valence-electron chi connectivity index (χ3n) is 2.54. The van der Waals surface area contributed by atoms with Crippen LogP contribution in [0.1, 0.15) is 50.6 Å². The number of ether oxygens (including phenoxy) is 1. The summed E-state index contributed by atoms with van der Waals surface area (Å²) in [4.78, 5) is 4.56. The van der Waals surface area contributed by atoms with Crippen LogP contribution in [0.2, 0.25) is 5.02 Å². The Bertz CT molecular complexity index is 375. The van der Waals surface area contributed by atoms with Gasteiger partial charge < -0.3 is 4.74 Å². The number of halogens is 1. The van der Waals surface area contributed by atoms with Crippen LogP contribution in [0.25, 0.3) is 0 Å². The third-order valence-corrected chi connectivity index (χ3v) is 3.02. The molecule has 0 bridgehead atoms. The van der Waals surface area contributed by atoms with Crippen LogP contribution in [0, 0.1) is 6.92 Å². The average Bonchev–Trinajstić information content (AvgIpc) is 2.74. The molecule has 3 heteroatoms. The summed E-state index contributed by atoms with van der Waals surface area (Å²) in [5.74, 6) is 1.27. The molecule has 2 nitrogen and oxygen atoms in total. The quantitative estimate of drug-likeness (QED) is 0.738. The molecule has 1 aliphatic heterocycles. The van der Waals surface area contributed by atoms with Crippen molar-refractivity contribution in [2.24, 2.45) is 0 Å². The number of aromatic nitrogens is 1. The molecule has 16 heavy (non-hydrogen) atoms. The molecular weight excluding hydrogens is 222 g/mol. The van der Waals surface area contributed by atoms with Crippen LogP contribution in [-0.2, 0) is 6.42 Å². The summed E-state index contributed by atoms with van der Waals surface area (Å²) in [5, 5.41) is 0.764. The molecule has 0 aliphatic carbocycles. The van der Waals surface area contributed by atoms with E-state index in [1.165, 1.54) is 0 Å². The predicted octanol–water partition coefficient (Wildman–Crippen LogP) is 4.13. The molecule has 0 N–H and O–H groups in total. The second-order valence-electron chi connectivity index (χ2n) is 3.97. The van der Waals surface area contributed by atoms with Gasteiger partial charge in [0.1, 0.15) is 5.75 Å². The van der Waals surface area contributed by atoms with Crippen LogP contribution >= 0.6 is 11.6 Å². The number of hydrogen-bond acceptors (Lipinski definition) is 2. The molecule has 2 rings (SSSR count). The summed E-state index contributed by atoms with van der Waals surface area (Å²) in [6.45, 7) is 11.0. The molecule has 0 amide bonds. The molecule has 0 atom stereocenters. The molecule has 1 aromatic rings. The summed E-state index contributed by atoms with van der Waals surface area (Å²) in [6.07, 6.45) is 0.910. The van der Waals surface area contributed by atoms with E-state index in [9.17, 15) is 0 Å². The fourth-order valence-electron chi connectivity index (χ4n) is 1.75. The molecule has 2 heterocycles. The van der Waals surface area contributed by atoms with E-state index >= 15 is 0 Å². The Labute approximate surface area is 103 Å². The maximum Gasteiger partial charge on any atom is 0.145 e. The first-order chi connectivity index (χ1) is 7.61. The lowest BCUT2D eigenvalue weighted by atomic mass is 10.1. The van der Waals surface area contributed by atoms with Gasteiger partial charge in [-0.05, 0) is 12.8 Å². The zero-order valence-corrected chi connectivity index (χ0v) is 11.5. The molecule has 1 aromatic heterocycles. The van der Waals surface area contributed by atoms with E-state index in [4.69, 9.17) is 16.3 Å². The monoisotopic (exact) mass is 241 g/mol. The minimum absolute atomic E-state index is 0.368. The summed E-state index contributed by atoms with van der Waals surface area (Å²) < 4.78 is 5.50. The van der Waals surface area contributed by atoms with Gasteiger partial charge in [-0.3, -0.25) is 4.98 Å². The normalized spacial score (nSPS) is 12.9. The van der Waals surface area contributed by atoms with E-state index in [1.54, 1.807) is 0 Å². The van der Waals surface area contributed by atoms with Gasteiger partial charge in [0, 0.05) is 12.0 Å². The highest BCUT2D eigenvalue weighted by molar-refractivity contribution is 6.32. The molecule has 0 saturated heterocycles. The predicted molar refractivity (Wildman–Crippen MR) is 68.6 cm³/mol. The van der Waals surface area contributed by atoms with Crippen molar-refractivity contribution in [3.05, 3.63) is 22.0 Å². The Hall–Kier alpha value is -0.760. The molecule has 0 saturated carbocycles. The zero-order valence-electron chi connectivity index (χ0n) is 10.7. The average molecular weight is 242 g/mol. The van der Waals surface area contributed by atoms with Gasteiger partial charge in [-0.1, -0.05) is 39.3 Å². The summed E-state index contributed by atoms with van der Waals surface area (Å²) >= 11 is 6.23. The van der Waals surface area contributed by atoms with Gasteiger partial charge in [-0.25, -0.2) is 0 Å². The van der Waals surface area contributed by atoms with Crippen molar-refractivity contribution in [2.75, 3.05) is 6.61 Å². The highest BCUT2D eigenvalue weighted by atomic mass is 35.5. The van der Waals surface area contributed by atoms with Gasteiger partial charge in [0.15, 0.2) is 0 Å². The van der Waals surface area contributed by atoms with E-state index in [0.29, 0.717) is 5.92 Å².